The molecule has 0 heterocycles. The zero-order chi connectivity index (χ0) is 29.6. The van der Waals surface area contributed by atoms with Crippen molar-refractivity contribution in [2.45, 2.75) is 99.1 Å². The molecule has 0 spiro atoms. The first-order valence-corrected chi connectivity index (χ1v) is 14.9. The van der Waals surface area contributed by atoms with Gasteiger partial charge in [0.15, 0.2) is 0 Å². The zero-order valence-electron chi connectivity index (χ0n) is 25.5. The first-order chi connectivity index (χ1) is 18.6. The second-order valence-electron chi connectivity index (χ2n) is 14.3. The molecule has 4 N–H and O–H groups in total. The Balaban J connectivity index is 1.53. The molecule has 0 radical (unpaired) electrons. The first-order valence-electron chi connectivity index (χ1n) is 14.9. The maximum atomic E-state index is 12.8. The normalized spacial score (nSPS) is 41.2. The van der Waals surface area contributed by atoms with Crippen LogP contribution in [0.4, 0.5) is 4.79 Å². The number of hydrogen-bond donors (Lipinski definition) is 2. The summed E-state index contributed by atoms with van der Waals surface area (Å²) in [5.74, 6) is 0.121. The van der Waals surface area contributed by atoms with Crippen molar-refractivity contribution in [2.24, 2.45) is 45.0 Å². The molecular weight excluding hydrogens is 502 g/mol. The molecule has 5 aliphatic rings. The highest BCUT2D eigenvalue weighted by atomic mass is 16.5. The van der Waals surface area contributed by atoms with E-state index in [-0.39, 0.29) is 39.4 Å². The molecule has 5 rings (SSSR count). The SMILES string of the molecule is COC(=O)C(C)N(C(N)=O)C1C[C@]2(C)CC[C@]3(C)C4=CC=C5C(=CC(=O)C(N)=C5C)[C@]4(C)CC[C@@]3(C)[C@@H]2C[C@H]1C. The molecule has 0 aliphatic heterocycles. The lowest BCUT2D eigenvalue weighted by atomic mass is 9.35. The average Bonchev–Trinajstić information content (AvgIpc) is 2.90. The van der Waals surface area contributed by atoms with Crippen LogP contribution in [-0.2, 0) is 14.3 Å². The van der Waals surface area contributed by atoms with Crippen molar-refractivity contribution in [3.05, 3.63) is 46.2 Å². The summed E-state index contributed by atoms with van der Waals surface area (Å²) in [5.41, 5.74) is 16.8. The second-order valence-corrected chi connectivity index (χ2v) is 14.3. The van der Waals surface area contributed by atoms with Gasteiger partial charge in [-0.1, -0.05) is 52.3 Å². The van der Waals surface area contributed by atoms with E-state index in [0.29, 0.717) is 11.6 Å². The Morgan fingerprint density at radius 3 is 2.40 bits per heavy atom. The maximum Gasteiger partial charge on any atom is 0.328 e. The van der Waals surface area contributed by atoms with Gasteiger partial charge in [-0.25, -0.2) is 9.59 Å². The van der Waals surface area contributed by atoms with Crippen LogP contribution in [0.1, 0.15) is 87.0 Å². The number of rotatable bonds is 3. The Morgan fingerprint density at radius 2 is 1.77 bits per heavy atom. The maximum absolute atomic E-state index is 12.8. The van der Waals surface area contributed by atoms with E-state index in [1.807, 2.05) is 6.92 Å². The fourth-order valence-electron chi connectivity index (χ4n) is 9.89. The summed E-state index contributed by atoms with van der Waals surface area (Å²) >= 11 is 0. The van der Waals surface area contributed by atoms with Gasteiger partial charge < -0.3 is 21.1 Å². The molecule has 0 aromatic rings. The molecule has 0 bridgehead atoms. The van der Waals surface area contributed by atoms with E-state index in [9.17, 15) is 14.4 Å². The van der Waals surface area contributed by atoms with Gasteiger partial charge in [-0.2, -0.15) is 0 Å². The molecule has 3 saturated carbocycles. The van der Waals surface area contributed by atoms with E-state index in [4.69, 9.17) is 16.2 Å². The summed E-state index contributed by atoms with van der Waals surface area (Å²) < 4.78 is 4.98. The summed E-state index contributed by atoms with van der Waals surface area (Å²) in [6.45, 7) is 15.6. The minimum atomic E-state index is -0.721. The third-order valence-electron chi connectivity index (χ3n) is 12.6. The van der Waals surface area contributed by atoms with Crippen molar-refractivity contribution in [2.75, 3.05) is 7.11 Å². The number of ether oxygens (including phenoxy) is 1. The van der Waals surface area contributed by atoms with Gasteiger partial charge in [0.1, 0.15) is 6.04 Å². The summed E-state index contributed by atoms with van der Waals surface area (Å²) in [4.78, 5) is 39.5. The summed E-state index contributed by atoms with van der Waals surface area (Å²) in [5, 5.41) is 0. The third kappa shape index (κ3) is 3.64. The Hall–Kier alpha value is -2.83. The van der Waals surface area contributed by atoms with Crippen molar-refractivity contribution >= 4 is 17.8 Å². The quantitative estimate of drug-likeness (QED) is 0.447. The number of carbonyl (C=O) groups excluding carboxylic acids is 3. The zero-order valence-corrected chi connectivity index (χ0v) is 25.5. The molecule has 40 heavy (non-hydrogen) atoms. The topological polar surface area (TPSA) is 116 Å². The number of carbonyl (C=O) groups is 3. The van der Waals surface area contributed by atoms with Crippen molar-refractivity contribution in [3.63, 3.8) is 0 Å². The predicted molar refractivity (Wildman–Crippen MR) is 156 cm³/mol. The monoisotopic (exact) mass is 549 g/mol. The number of ketones is 1. The number of urea groups is 1. The molecule has 3 fully saturated rings. The molecule has 7 nitrogen and oxygen atoms in total. The number of nitrogens with two attached hydrogens (primary N) is 2. The van der Waals surface area contributed by atoms with E-state index < -0.39 is 18.0 Å². The van der Waals surface area contributed by atoms with Crippen LogP contribution in [0.15, 0.2) is 46.2 Å². The predicted octanol–water partition coefficient (Wildman–Crippen LogP) is 5.56. The van der Waals surface area contributed by atoms with E-state index in [1.165, 1.54) is 12.7 Å². The van der Waals surface area contributed by atoms with Crippen LogP contribution in [0.2, 0.25) is 0 Å². The highest BCUT2D eigenvalue weighted by Gasteiger charge is 2.66. The van der Waals surface area contributed by atoms with Crippen LogP contribution in [0.25, 0.3) is 0 Å². The Kier molecular flexibility index (Phi) is 6.52. The number of allylic oxidation sites excluding steroid dienone is 7. The third-order valence-corrected chi connectivity index (χ3v) is 12.6. The number of nitrogens with zero attached hydrogens (tertiary/aromatic N) is 1. The molecule has 5 aliphatic carbocycles. The molecule has 0 aromatic carbocycles. The van der Waals surface area contributed by atoms with Gasteiger partial charge in [-0.05, 0) is 103 Å². The molecule has 8 atom stereocenters. The summed E-state index contributed by atoms with van der Waals surface area (Å²) in [7, 11) is 1.35. The number of primary amides is 1. The Morgan fingerprint density at radius 1 is 1.10 bits per heavy atom. The molecule has 2 amide bonds. The molecule has 0 saturated heterocycles. The van der Waals surface area contributed by atoms with Crippen LogP contribution in [0.3, 0.4) is 0 Å². The van der Waals surface area contributed by atoms with E-state index in [1.54, 1.807) is 17.9 Å². The second kappa shape index (κ2) is 9.09. The standard InChI is InChI=1S/C33H47N3O4/c1-18-15-26-30(4,17-23(18)36(29(35)39)20(3)28(38)40-8)11-13-32(6)25-10-9-21-19(2)27(34)24(37)16-22(21)31(25,5)12-14-33(26,32)7/h9-10,16,18,20,23,26H,11-15,17,34H2,1-8H3,(H2,35,39)/t18-,20?,23?,26-,30+,31+,32-,33+/m1/s1. The van der Waals surface area contributed by atoms with E-state index in [0.717, 1.165) is 55.2 Å². The van der Waals surface area contributed by atoms with Crippen LogP contribution >= 0.6 is 0 Å². The molecule has 2 unspecified atom stereocenters. The van der Waals surface area contributed by atoms with Crippen molar-refractivity contribution in [3.8, 4) is 0 Å². The van der Waals surface area contributed by atoms with Crippen LogP contribution < -0.4 is 11.5 Å². The van der Waals surface area contributed by atoms with Crippen molar-refractivity contribution in [1.29, 1.82) is 0 Å². The van der Waals surface area contributed by atoms with Crippen molar-refractivity contribution < 1.29 is 19.1 Å². The Labute approximate surface area is 239 Å². The fraction of sp³-hybridized carbons (Fsp3) is 0.667. The number of amides is 2. The number of fused-ring (bicyclic) bond motifs is 7. The molecule has 7 heteroatoms. The smallest absolute Gasteiger partial charge is 0.328 e. The van der Waals surface area contributed by atoms with Crippen molar-refractivity contribution in [1.82, 2.24) is 4.90 Å². The summed E-state index contributed by atoms with van der Waals surface area (Å²) in [6, 6.07) is -1.40. The van der Waals surface area contributed by atoms with Gasteiger partial charge >= 0.3 is 12.0 Å². The molecule has 218 valence electrons. The van der Waals surface area contributed by atoms with E-state index in [2.05, 4.69) is 46.8 Å². The molecular formula is C33H47N3O4. The minimum absolute atomic E-state index is 0.00674. The largest absolute Gasteiger partial charge is 0.467 e. The van der Waals surface area contributed by atoms with Crippen LogP contribution in [-0.4, -0.2) is 41.9 Å². The van der Waals surface area contributed by atoms with Crippen LogP contribution in [0, 0.1) is 33.5 Å². The average molecular weight is 550 g/mol. The van der Waals surface area contributed by atoms with Gasteiger partial charge in [-0.15, -0.1) is 0 Å². The number of esters is 1. The lowest BCUT2D eigenvalue weighted by Gasteiger charge is -2.70. The van der Waals surface area contributed by atoms with Gasteiger partial charge in [0, 0.05) is 11.5 Å². The Bertz CT molecular complexity index is 1310. The van der Waals surface area contributed by atoms with Gasteiger partial charge in [0.2, 0.25) is 5.78 Å². The lowest BCUT2D eigenvalue weighted by Crippen LogP contribution is -2.64. The first kappa shape index (κ1) is 28.7. The highest BCUT2D eigenvalue weighted by molar-refractivity contribution is 6.07. The van der Waals surface area contributed by atoms with Gasteiger partial charge in [-0.3, -0.25) is 4.79 Å². The summed E-state index contributed by atoms with van der Waals surface area (Å²) in [6.07, 6.45) is 12.2. The van der Waals surface area contributed by atoms with Gasteiger partial charge in [0.05, 0.1) is 12.8 Å². The number of hydrogen-bond acceptors (Lipinski definition) is 5. The van der Waals surface area contributed by atoms with Crippen LogP contribution in [0.5, 0.6) is 0 Å². The fourth-order valence-corrected chi connectivity index (χ4v) is 9.89. The lowest BCUT2D eigenvalue weighted by molar-refractivity contribution is -0.165. The molecule has 0 aromatic heterocycles. The highest BCUT2D eigenvalue weighted by Crippen LogP contribution is 2.75. The number of methoxy groups -OCH3 is 1. The van der Waals surface area contributed by atoms with Gasteiger partial charge in [0.25, 0.3) is 0 Å². The van der Waals surface area contributed by atoms with E-state index >= 15 is 0 Å². The minimum Gasteiger partial charge on any atom is -0.467 e.